The maximum atomic E-state index is 12.4. The Bertz CT molecular complexity index is 933. The van der Waals surface area contributed by atoms with Gasteiger partial charge in [0.2, 0.25) is 0 Å². The molecule has 40 heavy (non-hydrogen) atoms. The molecule has 0 aromatic heterocycles. The average Bonchev–Trinajstić information content (AvgIpc) is 2.91. The van der Waals surface area contributed by atoms with E-state index in [1.165, 1.54) is 19.2 Å². The summed E-state index contributed by atoms with van der Waals surface area (Å²) in [6.45, 7) is 10.2. The first kappa shape index (κ1) is 34.5. The van der Waals surface area contributed by atoms with Crippen LogP contribution in [0.3, 0.4) is 0 Å². The van der Waals surface area contributed by atoms with Crippen LogP contribution in [0.2, 0.25) is 0 Å². The molecule has 0 fully saturated rings. The smallest absolute Gasteiger partial charge is 0.468 e. The Morgan fingerprint density at radius 3 is 1.95 bits per heavy atom. The van der Waals surface area contributed by atoms with E-state index in [2.05, 4.69) is 5.32 Å². The minimum atomic E-state index is -0.979. The number of nitrogens with one attached hydrogen (secondary N) is 1. The maximum absolute atomic E-state index is 12.4. The van der Waals surface area contributed by atoms with Crippen molar-refractivity contribution >= 4 is 24.4 Å². The number of rotatable bonds is 17. The highest BCUT2D eigenvalue weighted by Crippen LogP contribution is 2.30. The number of hydrogen-bond acceptors (Lipinski definition) is 12. The van der Waals surface area contributed by atoms with E-state index >= 15 is 0 Å². The quantitative estimate of drug-likeness (QED) is 0.116. The normalized spacial score (nSPS) is 11.5. The van der Waals surface area contributed by atoms with Crippen LogP contribution in [0.5, 0.6) is 11.5 Å². The lowest BCUT2D eigenvalue weighted by Gasteiger charge is -2.18. The number of carbonyl (C=O) groups excluding carboxylic acids is 4. The summed E-state index contributed by atoms with van der Waals surface area (Å²) in [7, 11) is 1.25. The first-order chi connectivity index (χ1) is 19.0. The molecule has 1 atom stereocenters. The van der Waals surface area contributed by atoms with Gasteiger partial charge in [-0.25, -0.2) is 14.4 Å². The van der Waals surface area contributed by atoms with Crippen LogP contribution in [-0.4, -0.2) is 70.6 Å². The summed E-state index contributed by atoms with van der Waals surface area (Å²) in [5, 5.41) is 2.97. The topological polar surface area (TPSA) is 145 Å². The van der Waals surface area contributed by atoms with Crippen LogP contribution in [0.4, 0.5) is 14.4 Å². The Hall–Kier alpha value is -3.54. The molecule has 1 aromatic carbocycles. The van der Waals surface area contributed by atoms with E-state index in [0.717, 1.165) is 19.3 Å². The Morgan fingerprint density at radius 2 is 1.38 bits per heavy atom. The standard InChI is InChI=1S/C28H43NO11/c1-7-8-9-13-35-26(31)36-14-12-29-22(25(30)34-6)15-21-10-11-23(39-27(32)37-17-19(2)3)24(16-21)40-28(33)38-18-20(4)5/h10-11,16,19-20,22,29H,7-9,12-15,17-18H2,1-6H3/t22-/m0/s1. The van der Waals surface area contributed by atoms with Gasteiger partial charge in [-0.2, -0.15) is 0 Å². The van der Waals surface area contributed by atoms with E-state index in [1.807, 2.05) is 34.6 Å². The van der Waals surface area contributed by atoms with Crippen LogP contribution in [0, 0.1) is 11.8 Å². The summed E-state index contributed by atoms with van der Waals surface area (Å²) in [5.74, 6) is -0.530. The van der Waals surface area contributed by atoms with Gasteiger partial charge in [-0.1, -0.05) is 53.5 Å². The first-order valence-corrected chi connectivity index (χ1v) is 13.5. The second-order valence-corrected chi connectivity index (χ2v) is 9.78. The van der Waals surface area contributed by atoms with Crippen molar-refractivity contribution in [3.8, 4) is 11.5 Å². The van der Waals surface area contributed by atoms with Crippen LogP contribution < -0.4 is 14.8 Å². The van der Waals surface area contributed by atoms with Crippen LogP contribution in [0.25, 0.3) is 0 Å². The molecule has 1 aromatic rings. The number of benzene rings is 1. The third kappa shape index (κ3) is 15.2. The van der Waals surface area contributed by atoms with Crippen molar-refractivity contribution in [2.24, 2.45) is 11.8 Å². The Balaban J connectivity index is 2.89. The van der Waals surface area contributed by atoms with E-state index in [4.69, 9.17) is 33.2 Å². The molecule has 0 aliphatic carbocycles. The molecular formula is C28H43NO11. The molecule has 0 spiro atoms. The molecule has 0 aliphatic rings. The summed E-state index contributed by atoms with van der Waals surface area (Å²) in [6.07, 6.45) is 0.126. The number of carbonyl (C=O) groups is 4. The largest absolute Gasteiger partial charge is 0.513 e. The number of unbranched alkanes of at least 4 members (excludes halogenated alkanes) is 2. The van der Waals surface area contributed by atoms with E-state index in [9.17, 15) is 19.2 Å². The molecule has 0 aliphatic heterocycles. The highest BCUT2D eigenvalue weighted by molar-refractivity contribution is 5.76. The van der Waals surface area contributed by atoms with Crippen molar-refractivity contribution in [3.05, 3.63) is 23.8 Å². The van der Waals surface area contributed by atoms with Gasteiger partial charge < -0.3 is 38.5 Å². The van der Waals surface area contributed by atoms with Gasteiger partial charge in [0.1, 0.15) is 12.6 Å². The van der Waals surface area contributed by atoms with Crippen molar-refractivity contribution in [2.45, 2.75) is 66.3 Å². The molecule has 226 valence electrons. The Kier molecular flexibility index (Phi) is 16.8. The lowest BCUT2D eigenvalue weighted by Crippen LogP contribution is -2.41. The van der Waals surface area contributed by atoms with Gasteiger partial charge in [-0.3, -0.25) is 4.79 Å². The minimum Gasteiger partial charge on any atom is -0.468 e. The zero-order valence-corrected chi connectivity index (χ0v) is 24.3. The molecule has 1 rings (SSSR count). The van der Waals surface area contributed by atoms with Crippen molar-refractivity contribution in [2.75, 3.05) is 40.1 Å². The molecule has 12 nitrogen and oxygen atoms in total. The minimum absolute atomic E-state index is 0.0264. The summed E-state index contributed by atoms with van der Waals surface area (Å²) in [5.41, 5.74) is 0.550. The van der Waals surface area contributed by atoms with Crippen LogP contribution in [-0.2, 0) is 34.9 Å². The highest BCUT2D eigenvalue weighted by atomic mass is 16.7. The molecule has 0 saturated heterocycles. The Morgan fingerprint density at radius 1 is 0.775 bits per heavy atom. The third-order valence-corrected chi connectivity index (χ3v) is 5.07. The summed E-state index contributed by atoms with van der Waals surface area (Å²) in [6, 6.07) is 3.64. The molecule has 0 bridgehead atoms. The van der Waals surface area contributed by atoms with Crippen LogP contribution in [0.1, 0.15) is 59.4 Å². The lowest BCUT2D eigenvalue weighted by molar-refractivity contribution is -0.143. The number of esters is 1. The van der Waals surface area contributed by atoms with E-state index < -0.39 is 30.5 Å². The van der Waals surface area contributed by atoms with Gasteiger partial charge in [0.05, 0.1) is 26.9 Å². The fourth-order valence-electron chi connectivity index (χ4n) is 3.08. The van der Waals surface area contributed by atoms with E-state index in [-0.39, 0.29) is 62.7 Å². The SMILES string of the molecule is CCCCCOC(=O)OCCN[C@@H](Cc1ccc(OC(=O)OCC(C)C)c(OC(=O)OCC(C)C)c1)C(=O)OC. The van der Waals surface area contributed by atoms with Crippen LogP contribution in [0.15, 0.2) is 18.2 Å². The van der Waals surface area contributed by atoms with Gasteiger partial charge in [-0.05, 0) is 42.4 Å². The predicted octanol–water partition coefficient (Wildman–Crippen LogP) is 5.05. The monoisotopic (exact) mass is 569 g/mol. The zero-order valence-electron chi connectivity index (χ0n) is 24.3. The average molecular weight is 570 g/mol. The van der Waals surface area contributed by atoms with Gasteiger partial charge >= 0.3 is 24.4 Å². The molecule has 1 N–H and O–H groups in total. The summed E-state index contributed by atoms with van der Waals surface area (Å²) >= 11 is 0. The number of ether oxygens (including phenoxy) is 7. The first-order valence-electron chi connectivity index (χ1n) is 13.5. The molecule has 0 saturated carbocycles. The summed E-state index contributed by atoms with van der Waals surface area (Å²) in [4.78, 5) is 48.4. The molecule has 0 amide bonds. The lowest BCUT2D eigenvalue weighted by atomic mass is 10.1. The molecule has 0 radical (unpaired) electrons. The molecule has 0 heterocycles. The molecule has 12 heteroatoms. The van der Waals surface area contributed by atoms with E-state index in [1.54, 1.807) is 6.07 Å². The van der Waals surface area contributed by atoms with Gasteiger partial charge in [0.15, 0.2) is 11.5 Å². The summed E-state index contributed by atoms with van der Waals surface area (Å²) < 4.78 is 35.5. The Labute approximate surface area is 235 Å². The third-order valence-electron chi connectivity index (χ3n) is 5.07. The maximum Gasteiger partial charge on any atom is 0.513 e. The number of hydrogen-bond donors (Lipinski definition) is 1. The van der Waals surface area contributed by atoms with Gasteiger partial charge in [0, 0.05) is 6.54 Å². The van der Waals surface area contributed by atoms with Crippen molar-refractivity contribution in [1.82, 2.24) is 5.32 Å². The zero-order chi connectivity index (χ0) is 29.9. The van der Waals surface area contributed by atoms with Gasteiger partial charge in [-0.15, -0.1) is 0 Å². The van der Waals surface area contributed by atoms with Crippen molar-refractivity contribution in [1.29, 1.82) is 0 Å². The fourth-order valence-corrected chi connectivity index (χ4v) is 3.08. The van der Waals surface area contributed by atoms with Gasteiger partial charge in [0.25, 0.3) is 0 Å². The second-order valence-electron chi connectivity index (χ2n) is 9.78. The predicted molar refractivity (Wildman–Crippen MR) is 144 cm³/mol. The molecule has 0 unspecified atom stereocenters. The van der Waals surface area contributed by atoms with Crippen molar-refractivity contribution < 1.29 is 52.3 Å². The van der Waals surface area contributed by atoms with Crippen LogP contribution >= 0.6 is 0 Å². The van der Waals surface area contributed by atoms with E-state index in [0.29, 0.717) is 5.56 Å². The highest BCUT2D eigenvalue weighted by Gasteiger charge is 2.22. The van der Waals surface area contributed by atoms with Crippen molar-refractivity contribution in [3.63, 3.8) is 0 Å². The second kappa shape index (κ2) is 19.5. The fraction of sp³-hybridized carbons (Fsp3) is 0.643. The molecular weight excluding hydrogens is 526 g/mol. The number of methoxy groups -OCH3 is 1.